The van der Waals surface area contributed by atoms with Crippen molar-refractivity contribution < 1.29 is 9.47 Å². The zero-order valence-corrected chi connectivity index (χ0v) is 18.3. The maximum Gasteiger partial charge on any atom is 0.231 e. The van der Waals surface area contributed by atoms with E-state index >= 15 is 0 Å². The molecule has 30 heavy (non-hydrogen) atoms. The summed E-state index contributed by atoms with van der Waals surface area (Å²) < 4.78 is 13.0. The van der Waals surface area contributed by atoms with E-state index in [9.17, 15) is 0 Å². The molecular weight excluding hydrogens is 416 g/mol. The van der Waals surface area contributed by atoms with Crippen molar-refractivity contribution in [2.75, 3.05) is 6.79 Å². The van der Waals surface area contributed by atoms with Crippen LogP contribution in [-0.4, -0.2) is 26.5 Å². The first-order valence-electron chi connectivity index (χ1n) is 9.69. The number of hydrogen-bond acceptors (Lipinski definition) is 7. The molecule has 0 saturated carbocycles. The molecule has 0 bridgehead atoms. The van der Waals surface area contributed by atoms with Crippen LogP contribution in [0, 0.1) is 6.92 Å². The molecule has 5 rings (SSSR count). The van der Waals surface area contributed by atoms with E-state index in [1.807, 2.05) is 18.2 Å². The van der Waals surface area contributed by atoms with E-state index in [0.717, 1.165) is 51.0 Å². The Bertz CT molecular complexity index is 1200. The highest BCUT2D eigenvalue weighted by atomic mass is 32.2. The quantitative estimate of drug-likeness (QED) is 0.376. The average molecular weight is 437 g/mol. The number of thioether (sulfide) groups is 1. The molecule has 0 amide bonds. The molecule has 0 fully saturated rings. The van der Waals surface area contributed by atoms with Gasteiger partial charge < -0.3 is 14.0 Å². The number of aromatic nitrogens is 4. The predicted molar refractivity (Wildman–Crippen MR) is 119 cm³/mol. The summed E-state index contributed by atoms with van der Waals surface area (Å²) >= 11 is 3.34. The summed E-state index contributed by atoms with van der Waals surface area (Å²) in [6.07, 6.45) is 0. The van der Waals surface area contributed by atoms with Gasteiger partial charge in [0.1, 0.15) is 5.01 Å². The van der Waals surface area contributed by atoms with Gasteiger partial charge in [-0.3, -0.25) is 0 Å². The lowest BCUT2D eigenvalue weighted by atomic mass is 10.1. The minimum atomic E-state index is 0.262. The summed E-state index contributed by atoms with van der Waals surface area (Å²) in [6, 6.07) is 14.2. The Hall–Kier alpha value is -2.84. The number of hydrogen-bond donors (Lipinski definition) is 0. The Labute approximate surface area is 182 Å². The van der Waals surface area contributed by atoms with Crippen molar-refractivity contribution in [3.8, 4) is 33.5 Å². The molecule has 6 nitrogen and oxygen atoms in total. The highest BCUT2D eigenvalue weighted by Crippen LogP contribution is 2.36. The maximum atomic E-state index is 5.50. The van der Waals surface area contributed by atoms with Crippen molar-refractivity contribution in [3.63, 3.8) is 0 Å². The van der Waals surface area contributed by atoms with Crippen LogP contribution in [0.5, 0.6) is 11.5 Å². The molecule has 2 aromatic carbocycles. The molecule has 0 saturated heterocycles. The van der Waals surface area contributed by atoms with Gasteiger partial charge in [-0.2, -0.15) is 0 Å². The second-order valence-electron chi connectivity index (χ2n) is 6.87. The van der Waals surface area contributed by atoms with Gasteiger partial charge in [0, 0.05) is 28.8 Å². The van der Waals surface area contributed by atoms with E-state index < -0.39 is 0 Å². The fourth-order valence-electron chi connectivity index (χ4n) is 3.38. The fourth-order valence-corrected chi connectivity index (χ4v) is 5.29. The van der Waals surface area contributed by atoms with Crippen molar-refractivity contribution in [2.45, 2.75) is 31.3 Å². The molecule has 0 spiro atoms. The fraction of sp³-hybridized carbons (Fsp3) is 0.227. The molecule has 0 atom stereocenters. The molecule has 4 aromatic rings. The Morgan fingerprint density at radius 3 is 2.83 bits per heavy atom. The average Bonchev–Trinajstić information content (AvgIpc) is 3.50. The van der Waals surface area contributed by atoms with E-state index in [4.69, 9.17) is 14.5 Å². The first kappa shape index (κ1) is 19.1. The van der Waals surface area contributed by atoms with E-state index in [1.165, 1.54) is 11.1 Å². The Morgan fingerprint density at radius 1 is 1.10 bits per heavy atom. The minimum Gasteiger partial charge on any atom is -0.454 e. The van der Waals surface area contributed by atoms with Crippen molar-refractivity contribution >= 4 is 23.1 Å². The second-order valence-corrected chi connectivity index (χ2v) is 8.67. The van der Waals surface area contributed by atoms with Gasteiger partial charge in [-0.25, -0.2) is 4.98 Å². The van der Waals surface area contributed by atoms with Crippen molar-refractivity contribution in [1.82, 2.24) is 19.7 Å². The molecule has 0 N–H and O–H groups in total. The van der Waals surface area contributed by atoms with Gasteiger partial charge in [0.05, 0.1) is 5.69 Å². The van der Waals surface area contributed by atoms with Crippen LogP contribution < -0.4 is 9.47 Å². The van der Waals surface area contributed by atoms with Crippen LogP contribution in [0.3, 0.4) is 0 Å². The standard InChI is InChI=1S/C22H20N4O2S2/c1-3-26-20(15-8-9-18-19(10-15)28-13-27-18)24-25-22(26)30-12-16-11-29-21(23-16)17-7-5-4-6-14(17)2/h4-11H,3,12-13H2,1-2H3. The van der Waals surface area contributed by atoms with Crippen LogP contribution >= 0.6 is 23.1 Å². The largest absolute Gasteiger partial charge is 0.454 e. The van der Waals surface area contributed by atoms with Gasteiger partial charge >= 0.3 is 0 Å². The Morgan fingerprint density at radius 2 is 1.97 bits per heavy atom. The first-order chi connectivity index (χ1) is 14.7. The monoisotopic (exact) mass is 436 g/mol. The zero-order valence-electron chi connectivity index (χ0n) is 16.7. The van der Waals surface area contributed by atoms with Gasteiger partial charge in [-0.1, -0.05) is 36.0 Å². The third kappa shape index (κ3) is 3.57. The zero-order chi connectivity index (χ0) is 20.5. The lowest BCUT2D eigenvalue weighted by molar-refractivity contribution is 0.174. The van der Waals surface area contributed by atoms with Crippen LogP contribution in [0.2, 0.25) is 0 Å². The number of thiazole rings is 1. The summed E-state index contributed by atoms with van der Waals surface area (Å²) in [5.41, 5.74) is 4.46. The van der Waals surface area contributed by atoms with Crippen molar-refractivity contribution in [3.05, 3.63) is 59.1 Å². The SMILES string of the molecule is CCn1c(SCc2csc(-c3ccccc3C)n2)nnc1-c1ccc2c(c1)OCO2. The number of aryl methyl sites for hydroxylation is 1. The third-order valence-electron chi connectivity index (χ3n) is 4.94. The first-order valence-corrected chi connectivity index (χ1v) is 11.6. The third-order valence-corrected chi connectivity index (χ3v) is 6.86. The molecule has 1 aliphatic heterocycles. The number of fused-ring (bicyclic) bond motifs is 1. The van der Waals surface area contributed by atoms with Crippen molar-refractivity contribution in [2.24, 2.45) is 0 Å². The van der Waals surface area contributed by atoms with E-state index in [1.54, 1.807) is 23.1 Å². The summed E-state index contributed by atoms with van der Waals surface area (Å²) in [4.78, 5) is 4.83. The molecule has 1 aliphatic rings. The van der Waals surface area contributed by atoms with E-state index in [2.05, 4.69) is 58.3 Å². The number of benzene rings is 2. The van der Waals surface area contributed by atoms with Gasteiger partial charge in [0.15, 0.2) is 22.5 Å². The highest BCUT2D eigenvalue weighted by Gasteiger charge is 2.18. The number of ether oxygens (including phenoxy) is 2. The molecule has 2 aromatic heterocycles. The van der Waals surface area contributed by atoms with Gasteiger partial charge in [-0.15, -0.1) is 21.5 Å². The topological polar surface area (TPSA) is 62.1 Å². The van der Waals surface area contributed by atoms with Crippen LogP contribution in [0.1, 0.15) is 18.2 Å². The summed E-state index contributed by atoms with van der Waals surface area (Å²) in [7, 11) is 0. The molecule has 3 heterocycles. The maximum absolute atomic E-state index is 5.50. The van der Waals surface area contributed by atoms with E-state index in [-0.39, 0.29) is 6.79 Å². The molecule has 0 aliphatic carbocycles. The molecule has 8 heteroatoms. The molecule has 0 radical (unpaired) electrons. The number of nitrogens with zero attached hydrogens (tertiary/aromatic N) is 4. The molecule has 0 unspecified atom stereocenters. The predicted octanol–water partition coefficient (Wildman–Crippen LogP) is 5.42. The second kappa shape index (κ2) is 8.12. The normalized spacial score (nSPS) is 12.5. The smallest absolute Gasteiger partial charge is 0.231 e. The molecule has 152 valence electrons. The van der Waals surface area contributed by atoms with Crippen LogP contribution in [-0.2, 0) is 12.3 Å². The van der Waals surface area contributed by atoms with Crippen molar-refractivity contribution in [1.29, 1.82) is 0 Å². The molecular formula is C22H20N4O2S2. The minimum absolute atomic E-state index is 0.262. The lowest BCUT2D eigenvalue weighted by Gasteiger charge is -2.07. The number of rotatable bonds is 6. The summed E-state index contributed by atoms with van der Waals surface area (Å²) in [5.74, 6) is 3.10. The van der Waals surface area contributed by atoms with Crippen LogP contribution in [0.25, 0.3) is 22.0 Å². The Balaban J connectivity index is 1.35. The van der Waals surface area contributed by atoms with Crippen LogP contribution in [0.4, 0.5) is 0 Å². The highest BCUT2D eigenvalue weighted by molar-refractivity contribution is 7.98. The summed E-state index contributed by atoms with van der Waals surface area (Å²) in [6.45, 7) is 5.26. The van der Waals surface area contributed by atoms with Gasteiger partial charge in [-0.05, 0) is 37.6 Å². The van der Waals surface area contributed by atoms with Crippen LogP contribution in [0.15, 0.2) is 53.0 Å². The van der Waals surface area contributed by atoms with Gasteiger partial charge in [0.25, 0.3) is 0 Å². The Kier molecular flexibility index (Phi) is 5.18. The van der Waals surface area contributed by atoms with E-state index in [0.29, 0.717) is 0 Å². The summed E-state index contributed by atoms with van der Waals surface area (Å²) in [5, 5.41) is 12.9. The lowest BCUT2D eigenvalue weighted by Crippen LogP contribution is -2.00. The van der Waals surface area contributed by atoms with Gasteiger partial charge in [0.2, 0.25) is 6.79 Å².